The summed E-state index contributed by atoms with van der Waals surface area (Å²) in [5, 5.41) is 5.56. The summed E-state index contributed by atoms with van der Waals surface area (Å²) >= 11 is 0. The van der Waals surface area contributed by atoms with E-state index in [9.17, 15) is 9.59 Å². The highest BCUT2D eigenvalue weighted by molar-refractivity contribution is 6.00. The molecular weight excluding hydrogens is 242 g/mol. The van der Waals surface area contributed by atoms with Gasteiger partial charge in [-0.25, -0.2) is 0 Å². The highest BCUT2D eigenvalue weighted by atomic mass is 16.2. The number of carbonyl (C=O) groups excluding carboxylic acids is 2. The summed E-state index contributed by atoms with van der Waals surface area (Å²) in [4.78, 5) is 23.4. The Balaban J connectivity index is 1.79. The first-order valence-electron chi connectivity index (χ1n) is 6.50. The van der Waals surface area contributed by atoms with Crippen LogP contribution in [0.25, 0.3) is 0 Å². The van der Waals surface area contributed by atoms with Crippen molar-refractivity contribution in [3.63, 3.8) is 0 Å². The summed E-state index contributed by atoms with van der Waals surface area (Å²) in [5.41, 5.74) is 7.62. The van der Waals surface area contributed by atoms with E-state index in [2.05, 4.69) is 10.6 Å². The fourth-order valence-corrected chi connectivity index (χ4v) is 1.94. The fraction of sp³-hybridized carbons (Fsp3) is 0.429. The van der Waals surface area contributed by atoms with Crippen molar-refractivity contribution in [3.05, 3.63) is 29.3 Å². The van der Waals surface area contributed by atoms with Crippen LogP contribution in [-0.4, -0.2) is 24.9 Å². The zero-order chi connectivity index (χ0) is 13.8. The van der Waals surface area contributed by atoms with E-state index in [4.69, 9.17) is 5.73 Å². The highest BCUT2D eigenvalue weighted by Crippen LogP contribution is 2.28. The Hall–Kier alpha value is -2.04. The molecule has 102 valence electrons. The summed E-state index contributed by atoms with van der Waals surface area (Å²) in [6.45, 7) is 2.71. The molecule has 0 atom stereocenters. The van der Waals surface area contributed by atoms with Gasteiger partial charge in [-0.05, 0) is 31.4 Å². The average Bonchev–Trinajstić information content (AvgIpc) is 3.18. The van der Waals surface area contributed by atoms with Crippen LogP contribution in [0.2, 0.25) is 0 Å². The number of nitrogens with one attached hydrogen (secondary N) is 2. The molecular formula is C14H19N3O2. The summed E-state index contributed by atoms with van der Waals surface area (Å²) in [5.74, 6) is 0.0867. The third-order valence-electron chi connectivity index (χ3n) is 3.19. The molecule has 5 heteroatoms. The Kier molecular flexibility index (Phi) is 4.04. The van der Waals surface area contributed by atoms with Crippen molar-refractivity contribution < 1.29 is 9.59 Å². The lowest BCUT2D eigenvalue weighted by Crippen LogP contribution is -2.35. The minimum atomic E-state index is -0.198. The van der Waals surface area contributed by atoms with Crippen molar-refractivity contribution in [3.8, 4) is 0 Å². The van der Waals surface area contributed by atoms with Gasteiger partial charge in [-0.1, -0.05) is 12.1 Å². The van der Waals surface area contributed by atoms with E-state index in [-0.39, 0.29) is 17.7 Å². The predicted molar refractivity (Wildman–Crippen MR) is 73.7 cm³/mol. The molecule has 2 amide bonds. The molecule has 1 aromatic rings. The lowest BCUT2D eigenvalue weighted by molar-refractivity contribution is -0.122. The number of carbonyl (C=O) groups is 2. The topological polar surface area (TPSA) is 84.2 Å². The zero-order valence-corrected chi connectivity index (χ0v) is 11.0. The average molecular weight is 261 g/mol. The van der Waals surface area contributed by atoms with Crippen LogP contribution in [-0.2, 0) is 4.79 Å². The van der Waals surface area contributed by atoms with Gasteiger partial charge >= 0.3 is 0 Å². The normalized spacial score (nSPS) is 13.9. The van der Waals surface area contributed by atoms with Gasteiger partial charge in [0, 0.05) is 24.7 Å². The zero-order valence-electron chi connectivity index (χ0n) is 11.0. The Labute approximate surface area is 112 Å². The molecule has 0 aliphatic heterocycles. The van der Waals surface area contributed by atoms with Crippen LogP contribution in [0.5, 0.6) is 0 Å². The van der Waals surface area contributed by atoms with Crippen LogP contribution in [0.3, 0.4) is 0 Å². The molecule has 2 rings (SSSR count). The molecule has 19 heavy (non-hydrogen) atoms. The van der Waals surface area contributed by atoms with Gasteiger partial charge < -0.3 is 16.4 Å². The molecule has 0 aromatic heterocycles. The second-order valence-corrected chi connectivity index (χ2v) is 4.86. The van der Waals surface area contributed by atoms with Crippen LogP contribution in [0.4, 0.5) is 5.69 Å². The first kappa shape index (κ1) is 13.4. The van der Waals surface area contributed by atoms with Crippen LogP contribution in [0.1, 0.15) is 28.8 Å². The van der Waals surface area contributed by atoms with Gasteiger partial charge in [-0.15, -0.1) is 0 Å². The van der Waals surface area contributed by atoms with Gasteiger partial charge in [0.05, 0.1) is 5.56 Å². The number of anilines is 1. The van der Waals surface area contributed by atoms with Crippen molar-refractivity contribution in [2.75, 3.05) is 18.8 Å². The molecule has 0 heterocycles. The van der Waals surface area contributed by atoms with Crippen LogP contribution < -0.4 is 16.4 Å². The van der Waals surface area contributed by atoms with E-state index < -0.39 is 0 Å². The van der Waals surface area contributed by atoms with Gasteiger partial charge in [0.25, 0.3) is 5.91 Å². The van der Waals surface area contributed by atoms with Crippen LogP contribution in [0.15, 0.2) is 18.2 Å². The van der Waals surface area contributed by atoms with E-state index in [1.165, 1.54) is 0 Å². The number of aryl methyl sites for hydroxylation is 1. The quantitative estimate of drug-likeness (QED) is 0.542. The highest BCUT2D eigenvalue weighted by Gasteiger charge is 2.29. The molecule has 1 fully saturated rings. The van der Waals surface area contributed by atoms with E-state index in [0.717, 1.165) is 18.4 Å². The van der Waals surface area contributed by atoms with Crippen molar-refractivity contribution in [1.29, 1.82) is 0 Å². The minimum Gasteiger partial charge on any atom is -0.398 e. The molecule has 0 unspecified atom stereocenters. The number of benzene rings is 1. The summed E-state index contributed by atoms with van der Waals surface area (Å²) in [6.07, 6.45) is 1.97. The Bertz CT molecular complexity index is 475. The van der Waals surface area contributed by atoms with Gasteiger partial charge in [0.1, 0.15) is 0 Å². The number of hydrogen-bond acceptors (Lipinski definition) is 3. The maximum atomic E-state index is 12.0. The minimum absolute atomic E-state index is 0.0876. The summed E-state index contributed by atoms with van der Waals surface area (Å²) < 4.78 is 0. The number of rotatable bonds is 5. The predicted octanol–water partition coefficient (Wildman–Crippen LogP) is 0.833. The van der Waals surface area contributed by atoms with Gasteiger partial charge in [-0.3, -0.25) is 9.59 Å². The summed E-state index contributed by atoms with van der Waals surface area (Å²) in [6, 6.07) is 5.37. The largest absolute Gasteiger partial charge is 0.398 e. The number of nitrogens with two attached hydrogens (primary N) is 1. The van der Waals surface area contributed by atoms with Gasteiger partial charge in [0.15, 0.2) is 0 Å². The first-order valence-corrected chi connectivity index (χ1v) is 6.50. The molecule has 1 aliphatic carbocycles. The van der Waals surface area contributed by atoms with Crippen molar-refractivity contribution in [1.82, 2.24) is 10.6 Å². The van der Waals surface area contributed by atoms with Crippen molar-refractivity contribution in [2.24, 2.45) is 5.92 Å². The van der Waals surface area contributed by atoms with Gasteiger partial charge in [-0.2, -0.15) is 0 Å². The van der Waals surface area contributed by atoms with Crippen molar-refractivity contribution >= 4 is 17.5 Å². The molecule has 4 N–H and O–H groups in total. The molecule has 0 spiro atoms. The maximum Gasteiger partial charge on any atom is 0.253 e. The molecule has 5 nitrogen and oxygen atoms in total. The standard InChI is InChI=1S/C14H19N3O2/c1-9-3-2-4-11(15)12(9)14(19)17-8-7-16-13(18)10-5-6-10/h2-4,10H,5-8,15H2,1H3,(H,16,18)(H,17,19). The van der Waals surface area contributed by atoms with E-state index >= 15 is 0 Å². The Morgan fingerprint density at radius 1 is 1.26 bits per heavy atom. The molecule has 0 saturated heterocycles. The molecule has 1 saturated carbocycles. The molecule has 0 radical (unpaired) electrons. The van der Waals surface area contributed by atoms with Crippen molar-refractivity contribution in [2.45, 2.75) is 19.8 Å². The smallest absolute Gasteiger partial charge is 0.253 e. The third-order valence-corrected chi connectivity index (χ3v) is 3.19. The fourth-order valence-electron chi connectivity index (χ4n) is 1.94. The SMILES string of the molecule is Cc1cccc(N)c1C(=O)NCCNC(=O)C1CC1. The Morgan fingerprint density at radius 2 is 1.95 bits per heavy atom. The number of nitrogen functional groups attached to an aromatic ring is 1. The van der Waals surface area contributed by atoms with Gasteiger partial charge in [0.2, 0.25) is 5.91 Å². The number of amides is 2. The Morgan fingerprint density at radius 3 is 2.58 bits per heavy atom. The van der Waals surface area contributed by atoms with Crippen LogP contribution >= 0.6 is 0 Å². The van der Waals surface area contributed by atoms with E-state index in [0.29, 0.717) is 24.3 Å². The monoisotopic (exact) mass is 261 g/mol. The third kappa shape index (κ3) is 3.47. The maximum absolute atomic E-state index is 12.0. The second kappa shape index (κ2) is 5.73. The lowest BCUT2D eigenvalue weighted by atomic mass is 10.1. The molecule has 1 aliphatic rings. The second-order valence-electron chi connectivity index (χ2n) is 4.86. The number of hydrogen-bond donors (Lipinski definition) is 3. The van der Waals surface area contributed by atoms with E-state index in [1.807, 2.05) is 19.1 Å². The van der Waals surface area contributed by atoms with E-state index in [1.54, 1.807) is 6.07 Å². The molecule has 0 bridgehead atoms. The van der Waals surface area contributed by atoms with Crippen LogP contribution in [0, 0.1) is 12.8 Å². The lowest BCUT2D eigenvalue weighted by Gasteiger charge is -2.10. The first-order chi connectivity index (χ1) is 9.09. The molecule has 1 aromatic carbocycles. The summed E-state index contributed by atoms with van der Waals surface area (Å²) in [7, 11) is 0.